The fraction of sp³-hybridized carbons (Fsp3) is 0.478. The first-order chi connectivity index (χ1) is 15.7. The second-order valence-electron chi connectivity index (χ2n) is 8.06. The minimum Gasteiger partial charge on any atom is -0.355 e. The Morgan fingerprint density at radius 1 is 1.15 bits per heavy atom. The smallest absolute Gasteiger partial charge is 0.256 e. The second kappa shape index (κ2) is 10.8. The Hall–Kier alpha value is -2.27. The summed E-state index contributed by atoms with van der Waals surface area (Å²) in [4.78, 5) is 29.1. The molecule has 0 unspecified atom stereocenters. The lowest BCUT2D eigenvalue weighted by molar-refractivity contribution is 0.0962. The molecule has 0 bridgehead atoms. The summed E-state index contributed by atoms with van der Waals surface area (Å²) in [6, 6.07) is 5.90. The highest BCUT2D eigenvalue weighted by atomic mass is 32.2. The number of fused-ring (bicyclic) bond motifs is 1. The van der Waals surface area contributed by atoms with Crippen LogP contribution in [-0.2, 0) is 23.0 Å². The van der Waals surface area contributed by atoms with E-state index >= 15 is 0 Å². The molecule has 1 aromatic heterocycles. The van der Waals surface area contributed by atoms with E-state index < -0.39 is 10.0 Å². The van der Waals surface area contributed by atoms with Crippen LogP contribution in [0.1, 0.15) is 57.8 Å². The van der Waals surface area contributed by atoms with Crippen molar-refractivity contribution in [1.29, 1.82) is 0 Å². The van der Waals surface area contributed by atoms with E-state index in [1.165, 1.54) is 39.9 Å². The highest BCUT2D eigenvalue weighted by Gasteiger charge is 2.28. The molecule has 1 aliphatic heterocycles. The molecule has 33 heavy (non-hydrogen) atoms. The van der Waals surface area contributed by atoms with Gasteiger partial charge in [-0.25, -0.2) is 12.7 Å². The van der Waals surface area contributed by atoms with Crippen LogP contribution >= 0.6 is 11.3 Å². The zero-order chi connectivity index (χ0) is 24.2. The zero-order valence-corrected chi connectivity index (χ0v) is 21.2. The fourth-order valence-electron chi connectivity index (χ4n) is 3.81. The van der Waals surface area contributed by atoms with Crippen LogP contribution in [0.15, 0.2) is 29.2 Å². The average Bonchev–Trinajstić information content (AvgIpc) is 3.18. The molecule has 0 radical (unpaired) electrons. The van der Waals surface area contributed by atoms with Crippen LogP contribution < -0.4 is 10.6 Å². The SMILES string of the molecule is CCCCN(C)S(=O)(=O)c1ccc(C(=O)Nc2sc3c(c2C(=O)NC)CCN(CC)C3)cc1. The Bertz CT molecular complexity index is 1110. The minimum absolute atomic E-state index is 0.148. The van der Waals surface area contributed by atoms with Gasteiger partial charge in [-0.3, -0.25) is 14.5 Å². The molecule has 0 fully saturated rings. The number of thiophene rings is 1. The first-order valence-electron chi connectivity index (χ1n) is 11.2. The summed E-state index contributed by atoms with van der Waals surface area (Å²) in [5.74, 6) is -0.598. The quantitative estimate of drug-likeness (QED) is 0.560. The lowest BCUT2D eigenvalue weighted by Gasteiger charge is -2.25. The third-order valence-electron chi connectivity index (χ3n) is 5.92. The Labute approximate surface area is 200 Å². The predicted molar refractivity (Wildman–Crippen MR) is 131 cm³/mol. The Balaban J connectivity index is 1.82. The molecule has 8 nitrogen and oxygen atoms in total. The summed E-state index contributed by atoms with van der Waals surface area (Å²) in [6.45, 7) is 7.12. The first kappa shape index (κ1) is 25.4. The maximum atomic E-state index is 12.9. The number of nitrogens with zero attached hydrogens (tertiary/aromatic N) is 2. The molecule has 2 heterocycles. The lowest BCUT2D eigenvalue weighted by Crippen LogP contribution is -2.30. The number of anilines is 1. The van der Waals surface area contributed by atoms with Crippen molar-refractivity contribution in [2.45, 2.75) is 44.6 Å². The van der Waals surface area contributed by atoms with E-state index in [9.17, 15) is 18.0 Å². The van der Waals surface area contributed by atoms with E-state index in [1.54, 1.807) is 14.1 Å². The Kier molecular flexibility index (Phi) is 8.28. The van der Waals surface area contributed by atoms with Crippen molar-refractivity contribution in [3.63, 3.8) is 0 Å². The average molecular weight is 493 g/mol. The molecule has 0 aliphatic carbocycles. The minimum atomic E-state index is -3.60. The third kappa shape index (κ3) is 5.46. The van der Waals surface area contributed by atoms with Crippen LogP contribution in [-0.4, -0.2) is 63.2 Å². The van der Waals surface area contributed by atoms with Gasteiger partial charge in [0.15, 0.2) is 0 Å². The van der Waals surface area contributed by atoms with Gasteiger partial charge in [0.05, 0.1) is 10.5 Å². The van der Waals surface area contributed by atoms with Crippen LogP contribution in [0.4, 0.5) is 5.00 Å². The highest BCUT2D eigenvalue weighted by Crippen LogP contribution is 2.37. The number of hydrogen-bond donors (Lipinski definition) is 2. The molecule has 180 valence electrons. The number of carbonyl (C=O) groups excluding carboxylic acids is 2. The van der Waals surface area contributed by atoms with Gasteiger partial charge in [-0.15, -0.1) is 11.3 Å². The third-order valence-corrected chi connectivity index (χ3v) is 8.92. The highest BCUT2D eigenvalue weighted by molar-refractivity contribution is 7.89. The lowest BCUT2D eigenvalue weighted by atomic mass is 10.0. The van der Waals surface area contributed by atoms with Crippen molar-refractivity contribution in [1.82, 2.24) is 14.5 Å². The van der Waals surface area contributed by atoms with Crippen molar-refractivity contribution < 1.29 is 18.0 Å². The van der Waals surface area contributed by atoms with Crippen LogP contribution in [0.5, 0.6) is 0 Å². The van der Waals surface area contributed by atoms with Crippen molar-refractivity contribution in [2.24, 2.45) is 0 Å². The Morgan fingerprint density at radius 2 is 1.85 bits per heavy atom. The fourth-order valence-corrected chi connectivity index (χ4v) is 6.31. The molecule has 1 aliphatic rings. The molecule has 2 amide bonds. The van der Waals surface area contributed by atoms with Gasteiger partial charge in [0, 0.05) is 44.2 Å². The van der Waals surface area contributed by atoms with Crippen LogP contribution in [0.2, 0.25) is 0 Å². The number of likely N-dealkylation sites (N-methyl/N-ethyl adjacent to an activating group) is 1. The van der Waals surface area contributed by atoms with Gasteiger partial charge < -0.3 is 10.6 Å². The van der Waals surface area contributed by atoms with Gasteiger partial charge in [-0.05, 0) is 49.2 Å². The van der Waals surface area contributed by atoms with Crippen molar-refractivity contribution in [3.8, 4) is 0 Å². The molecule has 1 aromatic carbocycles. The predicted octanol–water partition coefficient (Wildman–Crippen LogP) is 3.16. The maximum Gasteiger partial charge on any atom is 0.256 e. The number of unbranched alkanes of at least 4 members (excludes halogenated alkanes) is 1. The summed E-state index contributed by atoms with van der Waals surface area (Å²) in [7, 11) is -0.459. The number of hydrogen-bond acceptors (Lipinski definition) is 6. The molecular formula is C23H32N4O4S2. The summed E-state index contributed by atoms with van der Waals surface area (Å²) in [5.41, 5.74) is 1.85. The van der Waals surface area contributed by atoms with Crippen molar-refractivity contribution in [2.75, 3.05) is 39.0 Å². The van der Waals surface area contributed by atoms with Crippen molar-refractivity contribution >= 4 is 38.2 Å². The molecular weight excluding hydrogens is 460 g/mol. The number of rotatable bonds is 9. The standard InChI is InChI=1S/C23H32N4O4S2/c1-5-7-13-26(4)33(30,31)17-10-8-16(9-11-17)21(28)25-23-20(22(29)24-3)18-12-14-27(6-2)15-19(18)32-23/h8-11H,5-7,12-15H2,1-4H3,(H,24,29)(H,25,28). The molecule has 0 saturated heterocycles. The number of benzene rings is 1. The van der Waals surface area contributed by atoms with Gasteiger partial charge >= 0.3 is 0 Å². The number of carbonyl (C=O) groups is 2. The monoisotopic (exact) mass is 492 g/mol. The summed E-state index contributed by atoms with van der Waals surface area (Å²) in [6.07, 6.45) is 2.45. The second-order valence-corrected chi connectivity index (χ2v) is 11.2. The van der Waals surface area contributed by atoms with Gasteiger partial charge in [-0.2, -0.15) is 0 Å². The molecule has 2 N–H and O–H groups in total. The molecule has 0 spiro atoms. The van der Waals surface area contributed by atoms with E-state index in [0.29, 0.717) is 22.7 Å². The van der Waals surface area contributed by atoms with Gasteiger partial charge in [-0.1, -0.05) is 20.3 Å². The summed E-state index contributed by atoms with van der Waals surface area (Å²) >= 11 is 1.43. The molecule has 3 rings (SSSR count). The van der Waals surface area contributed by atoms with E-state index in [0.717, 1.165) is 49.3 Å². The number of amides is 2. The largest absolute Gasteiger partial charge is 0.355 e. The van der Waals surface area contributed by atoms with E-state index in [1.807, 2.05) is 6.92 Å². The maximum absolute atomic E-state index is 12.9. The van der Waals surface area contributed by atoms with Crippen LogP contribution in [0.25, 0.3) is 0 Å². The molecule has 2 aromatic rings. The summed E-state index contributed by atoms with van der Waals surface area (Å²) in [5, 5.41) is 6.08. The van der Waals surface area contributed by atoms with Gasteiger partial charge in [0.2, 0.25) is 10.0 Å². The molecule has 10 heteroatoms. The first-order valence-corrected chi connectivity index (χ1v) is 13.4. The van der Waals surface area contributed by atoms with E-state index in [2.05, 4.69) is 22.5 Å². The topological polar surface area (TPSA) is 98.8 Å². The van der Waals surface area contributed by atoms with Crippen molar-refractivity contribution in [3.05, 3.63) is 45.8 Å². The molecule has 0 atom stereocenters. The Morgan fingerprint density at radius 3 is 2.45 bits per heavy atom. The number of sulfonamides is 1. The van der Waals surface area contributed by atoms with Gasteiger partial charge in [0.1, 0.15) is 5.00 Å². The normalized spacial score (nSPS) is 14.2. The van der Waals surface area contributed by atoms with E-state index in [-0.39, 0.29) is 16.7 Å². The summed E-state index contributed by atoms with van der Waals surface area (Å²) < 4.78 is 26.7. The van der Waals surface area contributed by atoms with Gasteiger partial charge in [0.25, 0.3) is 11.8 Å². The van der Waals surface area contributed by atoms with Crippen LogP contribution in [0, 0.1) is 0 Å². The van der Waals surface area contributed by atoms with E-state index in [4.69, 9.17) is 0 Å². The molecule has 0 saturated carbocycles. The number of nitrogens with one attached hydrogen (secondary N) is 2. The zero-order valence-electron chi connectivity index (χ0n) is 19.6. The van der Waals surface area contributed by atoms with Crippen LogP contribution in [0.3, 0.4) is 0 Å².